The third kappa shape index (κ3) is 3.16. The van der Waals surface area contributed by atoms with Crippen molar-refractivity contribution in [1.29, 1.82) is 0 Å². The average molecular weight is 322 g/mol. The number of amides is 1. The lowest BCUT2D eigenvalue weighted by molar-refractivity contribution is 0.0999. The molecule has 0 aliphatic carbocycles. The minimum Gasteiger partial charge on any atom is -0.496 e. The van der Waals surface area contributed by atoms with Gasteiger partial charge in [-0.1, -0.05) is 24.8 Å². The number of methoxy groups -OCH3 is 2. The van der Waals surface area contributed by atoms with E-state index >= 15 is 0 Å². The van der Waals surface area contributed by atoms with Gasteiger partial charge in [0, 0.05) is 0 Å². The molecule has 0 bridgehead atoms. The maximum absolute atomic E-state index is 12.6. The molecule has 1 amide bonds. The fraction of sp³-hybridized carbons (Fsp3) is 0.357. The second-order valence-electron chi connectivity index (χ2n) is 4.28. The van der Waals surface area contributed by atoms with Crippen LogP contribution in [0.3, 0.4) is 0 Å². The molecular weight excluding hydrogens is 304 g/mol. The Morgan fingerprint density at radius 1 is 1.27 bits per heavy atom. The van der Waals surface area contributed by atoms with Crippen LogP contribution < -0.4 is 14.9 Å². The van der Waals surface area contributed by atoms with Gasteiger partial charge in [-0.25, -0.2) is 4.68 Å². The van der Waals surface area contributed by atoms with Gasteiger partial charge in [0.25, 0.3) is 5.91 Å². The number of carbonyl (C=O) groups excluding carboxylic acids is 1. The minimum atomic E-state index is -0.352. The van der Waals surface area contributed by atoms with E-state index in [2.05, 4.69) is 15.6 Å². The van der Waals surface area contributed by atoms with Crippen molar-refractivity contribution in [2.24, 2.45) is 0 Å². The number of aromatic nitrogens is 3. The largest absolute Gasteiger partial charge is 0.496 e. The van der Waals surface area contributed by atoms with Gasteiger partial charge in [0.15, 0.2) is 0 Å². The van der Waals surface area contributed by atoms with Gasteiger partial charge >= 0.3 is 0 Å². The highest BCUT2D eigenvalue weighted by Gasteiger charge is 2.20. The molecule has 1 aromatic carbocycles. The van der Waals surface area contributed by atoms with Crippen LogP contribution in [0.1, 0.15) is 23.1 Å². The molecule has 22 heavy (non-hydrogen) atoms. The summed E-state index contributed by atoms with van der Waals surface area (Å²) in [5.41, 5.74) is 3.11. The minimum absolute atomic E-state index is 0.327. The molecule has 0 saturated carbocycles. The summed E-state index contributed by atoms with van der Waals surface area (Å²) >= 11 is 1.49. The van der Waals surface area contributed by atoms with Gasteiger partial charge in [-0.15, -0.1) is 10.2 Å². The van der Waals surface area contributed by atoms with Gasteiger partial charge in [-0.3, -0.25) is 10.2 Å². The number of benzene rings is 1. The molecule has 8 heteroatoms. The first-order chi connectivity index (χ1) is 10.6. The number of rotatable bonds is 6. The van der Waals surface area contributed by atoms with E-state index in [1.54, 1.807) is 29.8 Å². The van der Waals surface area contributed by atoms with Crippen LogP contribution in [0.25, 0.3) is 0 Å². The first kappa shape index (κ1) is 16.2. The van der Waals surface area contributed by atoms with Gasteiger partial charge in [0.2, 0.25) is 5.16 Å². The van der Waals surface area contributed by atoms with Gasteiger partial charge < -0.3 is 9.47 Å². The van der Waals surface area contributed by atoms with Crippen molar-refractivity contribution in [1.82, 2.24) is 14.9 Å². The summed E-state index contributed by atoms with van der Waals surface area (Å²) in [6.07, 6.45) is 0. The Bertz CT molecular complexity index is 650. The Morgan fingerprint density at radius 2 is 1.91 bits per heavy atom. The summed E-state index contributed by atoms with van der Waals surface area (Å²) in [5, 5.41) is 8.65. The third-order valence-corrected chi connectivity index (χ3v) is 3.75. The lowest BCUT2D eigenvalue weighted by atomic mass is 10.1. The van der Waals surface area contributed by atoms with Crippen LogP contribution in [0.15, 0.2) is 23.4 Å². The molecule has 2 rings (SSSR count). The van der Waals surface area contributed by atoms with Crippen LogP contribution >= 0.6 is 11.8 Å². The van der Waals surface area contributed by atoms with Crippen molar-refractivity contribution in [3.8, 4) is 11.5 Å². The second-order valence-corrected chi connectivity index (χ2v) is 5.51. The van der Waals surface area contributed by atoms with E-state index in [-0.39, 0.29) is 5.91 Å². The summed E-state index contributed by atoms with van der Waals surface area (Å²) in [5.74, 6) is 1.94. The van der Waals surface area contributed by atoms with E-state index < -0.39 is 0 Å². The summed E-state index contributed by atoms with van der Waals surface area (Å²) in [7, 11) is 3.02. The van der Waals surface area contributed by atoms with E-state index in [0.717, 1.165) is 5.75 Å². The maximum atomic E-state index is 12.6. The zero-order valence-electron chi connectivity index (χ0n) is 12.9. The number of hydrogen-bond donors (Lipinski definition) is 1. The first-order valence-electron chi connectivity index (χ1n) is 6.69. The molecule has 0 radical (unpaired) electrons. The Hall–Kier alpha value is -2.22. The van der Waals surface area contributed by atoms with E-state index in [4.69, 9.17) is 9.47 Å². The highest BCUT2D eigenvalue weighted by molar-refractivity contribution is 7.99. The van der Waals surface area contributed by atoms with Crippen LogP contribution in [0, 0.1) is 6.92 Å². The summed E-state index contributed by atoms with van der Waals surface area (Å²) in [4.78, 5) is 12.6. The number of thioether (sulfide) groups is 1. The molecule has 0 spiro atoms. The maximum Gasteiger partial charge on any atom is 0.277 e. The Labute approximate surface area is 133 Å². The Balaban J connectivity index is 2.36. The standard InChI is InChI=1S/C14H18N4O3S/c1-5-22-14-16-15-9(2)18(14)17-13(19)12-10(20-3)7-6-8-11(12)21-4/h6-8H,5H2,1-4H3,(H,17,19). The first-order valence-corrected chi connectivity index (χ1v) is 7.68. The molecule has 1 heterocycles. The van der Waals surface area contributed by atoms with E-state index in [9.17, 15) is 4.79 Å². The van der Waals surface area contributed by atoms with Crippen molar-refractivity contribution >= 4 is 17.7 Å². The topological polar surface area (TPSA) is 78.3 Å². The van der Waals surface area contributed by atoms with Gasteiger partial charge in [0.1, 0.15) is 22.9 Å². The average Bonchev–Trinajstić information content (AvgIpc) is 2.87. The number of aryl methyl sites for hydroxylation is 1. The van der Waals surface area contributed by atoms with E-state index in [1.807, 2.05) is 6.92 Å². The van der Waals surface area contributed by atoms with Crippen LogP contribution in [0.2, 0.25) is 0 Å². The van der Waals surface area contributed by atoms with E-state index in [0.29, 0.717) is 28.0 Å². The Morgan fingerprint density at radius 3 is 2.45 bits per heavy atom. The fourth-order valence-electron chi connectivity index (χ4n) is 1.93. The summed E-state index contributed by atoms with van der Waals surface area (Å²) in [6, 6.07) is 5.17. The predicted molar refractivity (Wildman–Crippen MR) is 84.4 cm³/mol. The lowest BCUT2D eigenvalue weighted by Gasteiger charge is -2.14. The van der Waals surface area contributed by atoms with Crippen molar-refractivity contribution < 1.29 is 14.3 Å². The number of carbonyl (C=O) groups is 1. The van der Waals surface area contributed by atoms with Crippen LogP contribution in [-0.2, 0) is 0 Å². The molecule has 118 valence electrons. The normalized spacial score (nSPS) is 10.4. The fourth-order valence-corrected chi connectivity index (χ4v) is 2.59. The molecule has 2 aromatic rings. The van der Waals surface area contributed by atoms with Crippen molar-refractivity contribution in [3.05, 3.63) is 29.6 Å². The van der Waals surface area contributed by atoms with Crippen molar-refractivity contribution in [3.63, 3.8) is 0 Å². The van der Waals surface area contributed by atoms with Crippen LogP contribution in [0.4, 0.5) is 0 Å². The Kier molecular flexibility index (Phi) is 5.26. The van der Waals surface area contributed by atoms with Crippen LogP contribution in [0.5, 0.6) is 11.5 Å². The highest BCUT2D eigenvalue weighted by atomic mass is 32.2. The van der Waals surface area contributed by atoms with Gasteiger partial charge in [0.05, 0.1) is 14.2 Å². The van der Waals surface area contributed by atoms with Gasteiger partial charge in [-0.2, -0.15) is 0 Å². The quantitative estimate of drug-likeness (QED) is 0.821. The molecule has 0 aliphatic heterocycles. The molecule has 1 aromatic heterocycles. The smallest absolute Gasteiger partial charge is 0.277 e. The molecule has 0 atom stereocenters. The van der Waals surface area contributed by atoms with E-state index in [1.165, 1.54) is 26.0 Å². The monoisotopic (exact) mass is 322 g/mol. The molecule has 0 fully saturated rings. The SMILES string of the molecule is CCSc1nnc(C)n1NC(=O)c1c(OC)cccc1OC. The van der Waals surface area contributed by atoms with Crippen LogP contribution in [-0.4, -0.2) is 40.8 Å². The zero-order chi connectivity index (χ0) is 16.1. The summed E-state index contributed by atoms with van der Waals surface area (Å²) in [6.45, 7) is 3.77. The van der Waals surface area contributed by atoms with Gasteiger partial charge in [-0.05, 0) is 24.8 Å². The molecule has 1 N–H and O–H groups in total. The van der Waals surface area contributed by atoms with Crippen molar-refractivity contribution in [2.75, 3.05) is 25.4 Å². The summed E-state index contributed by atoms with van der Waals surface area (Å²) < 4.78 is 12.1. The zero-order valence-corrected chi connectivity index (χ0v) is 13.7. The number of nitrogens with one attached hydrogen (secondary N) is 1. The molecule has 7 nitrogen and oxygen atoms in total. The predicted octanol–water partition coefficient (Wildman–Crippen LogP) is 2.10. The molecule has 0 saturated heterocycles. The lowest BCUT2D eigenvalue weighted by Crippen LogP contribution is -2.25. The molecular formula is C14H18N4O3S. The molecule has 0 aliphatic rings. The number of hydrogen-bond acceptors (Lipinski definition) is 6. The molecule has 0 unspecified atom stereocenters. The number of ether oxygens (including phenoxy) is 2. The highest BCUT2D eigenvalue weighted by Crippen LogP contribution is 2.28. The number of nitrogens with zero attached hydrogens (tertiary/aromatic N) is 3. The second kappa shape index (κ2) is 7.17. The third-order valence-electron chi connectivity index (χ3n) is 2.94. The van der Waals surface area contributed by atoms with Crippen molar-refractivity contribution in [2.45, 2.75) is 19.0 Å².